The lowest BCUT2D eigenvalue weighted by atomic mass is 9.73. The Kier molecular flexibility index (Phi) is 3.16. The fourth-order valence-electron chi connectivity index (χ4n) is 3.49. The van der Waals surface area contributed by atoms with E-state index in [1.165, 1.54) is 51.4 Å². The molecule has 0 aromatic heterocycles. The fourth-order valence-corrected chi connectivity index (χ4v) is 3.49. The molecule has 0 aromatic carbocycles. The molecule has 14 heavy (non-hydrogen) atoms. The summed E-state index contributed by atoms with van der Waals surface area (Å²) in [6.07, 6.45) is 11.9. The van der Waals surface area contributed by atoms with E-state index >= 15 is 0 Å². The zero-order valence-corrected chi connectivity index (χ0v) is 9.47. The molecule has 2 atom stereocenters. The molecule has 0 saturated heterocycles. The molecule has 0 radical (unpaired) electrons. The molecule has 0 heterocycles. The third kappa shape index (κ3) is 2.31. The molecule has 0 spiro atoms. The van der Waals surface area contributed by atoms with Crippen LogP contribution < -0.4 is 0 Å². The van der Waals surface area contributed by atoms with Gasteiger partial charge in [0.1, 0.15) is 0 Å². The van der Waals surface area contributed by atoms with Crippen LogP contribution in [0, 0.1) is 11.3 Å². The van der Waals surface area contributed by atoms with E-state index in [1.807, 2.05) is 0 Å². The predicted molar refractivity (Wildman–Crippen MR) is 59.2 cm³/mol. The first-order chi connectivity index (χ1) is 6.70. The van der Waals surface area contributed by atoms with E-state index in [9.17, 15) is 5.11 Å². The highest BCUT2D eigenvalue weighted by molar-refractivity contribution is 4.86. The highest BCUT2D eigenvalue weighted by atomic mass is 16.3. The van der Waals surface area contributed by atoms with Crippen LogP contribution in [0.2, 0.25) is 0 Å². The largest absolute Gasteiger partial charge is 0.393 e. The van der Waals surface area contributed by atoms with Crippen LogP contribution in [0.3, 0.4) is 0 Å². The van der Waals surface area contributed by atoms with Crippen molar-refractivity contribution < 1.29 is 5.11 Å². The number of hydrogen-bond donors (Lipinski definition) is 1. The van der Waals surface area contributed by atoms with Gasteiger partial charge in [0.25, 0.3) is 0 Å². The summed E-state index contributed by atoms with van der Waals surface area (Å²) in [6, 6.07) is 0. The third-order valence-electron chi connectivity index (χ3n) is 4.43. The maximum Gasteiger partial charge on any atom is 0.0568 e. The second kappa shape index (κ2) is 4.22. The Morgan fingerprint density at radius 3 is 2.36 bits per heavy atom. The SMILES string of the molecule is CC1(CC2CCCCC2O)CCCC1. The van der Waals surface area contributed by atoms with E-state index in [2.05, 4.69) is 6.92 Å². The predicted octanol–water partition coefficient (Wildman–Crippen LogP) is 3.51. The summed E-state index contributed by atoms with van der Waals surface area (Å²) in [6.45, 7) is 2.43. The van der Waals surface area contributed by atoms with Crippen LogP contribution in [0.5, 0.6) is 0 Å². The summed E-state index contributed by atoms with van der Waals surface area (Å²) < 4.78 is 0. The van der Waals surface area contributed by atoms with Gasteiger partial charge < -0.3 is 5.11 Å². The Bertz CT molecular complexity index is 182. The second-order valence-electron chi connectivity index (χ2n) is 5.83. The number of rotatable bonds is 2. The molecule has 0 amide bonds. The van der Waals surface area contributed by atoms with E-state index in [0.29, 0.717) is 11.3 Å². The van der Waals surface area contributed by atoms with Gasteiger partial charge in [0.2, 0.25) is 0 Å². The molecule has 1 heteroatoms. The van der Waals surface area contributed by atoms with E-state index in [0.717, 1.165) is 6.42 Å². The molecule has 1 nitrogen and oxygen atoms in total. The molecule has 2 rings (SSSR count). The first-order valence-electron chi connectivity index (χ1n) is 6.38. The van der Waals surface area contributed by atoms with E-state index in [1.54, 1.807) is 0 Å². The molecule has 1 N–H and O–H groups in total. The molecule has 0 aliphatic heterocycles. The van der Waals surface area contributed by atoms with Crippen LogP contribution in [0.15, 0.2) is 0 Å². The number of aliphatic hydroxyl groups is 1. The van der Waals surface area contributed by atoms with Crippen LogP contribution in [-0.2, 0) is 0 Å². The molecule has 0 bridgehead atoms. The lowest BCUT2D eigenvalue weighted by Gasteiger charge is -2.34. The molecular weight excluding hydrogens is 172 g/mol. The number of aliphatic hydroxyl groups excluding tert-OH is 1. The van der Waals surface area contributed by atoms with Gasteiger partial charge in [-0.05, 0) is 43.4 Å². The van der Waals surface area contributed by atoms with E-state index in [-0.39, 0.29) is 6.10 Å². The molecule has 2 fully saturated rings. The molecule has 0 aromatic rings. The number of hydrogen-bond acceptors (Lipinski definition) is 1. The van der Waals surface area contributed by atoms with Crippen molar-refractivity contribution in [3.8, 4) is 0 Å². The topological polar surface area (TPSA) is 20.2 Å². The molecule has 2 aliphatic rings. The minimum absolute atomic E-state index is 0.0150. The van der Waals surface area contributed by atoms with Crippen molar-refractivity contribution in [1.82, 2.24) is 0 Å². The highest BCUT2D eigenvalue weighted by Gasteiger charge is 2.34. The van der Waals surface area contributed by atoms with Gasteiger partial charge in [-0.15, -0.1) is 0 Å². The quantitative estimate of drug-likeness (QED) is 0.716. The summed E-state index contributed by atoms with van der Waals surface area (Å²) in [5.74, 6) is 0.617. The van der Waals surface area contributed by atoms with Crippen LogP contribution in [0.1, 0.15) is 64.7 Å². The standard InChI is InChI=1S/C13H24O/c1-13(8-4-5-9-13)10-11-6-2-3-7-12(11)14/h11-12,14H,2-10H2,1H3. The molecule has 2 unspecified atom stereocenters. The maximum atomic E-state index is 9.94. The lowest BCUT2D eigenvalue weighted by Crippen LogP contribution is -2.29. The molecule has 82 valence electrons. The van der Waals surface area contributed by atoms with Gasteiger partial charge in [-0.1, -0.05) is 32.6 Å². The first-order valence-corrected chi connectivity index (χ1v) is 6.38. The van der Waals surface area contributed by atoms with Crippen molar-refractivity contribution in [3.63, 3.8) is 0 Å². The van der Waals surface area contributed by atoms with Gasteiger partial charge >= 0.3 is 0 Å². The summed E-state index contributed by atoms with van der Waals surface area (Å²) in [5, 5.41) is 9.94. The van der Waals surface area contributed by atoms with Crippen molar-refractivity contribution in [2.45, 2.75) is 70.8 Å². The Morgan fingerprint density at radius 2 is 1.71 bits per heavy atom. The molecule has 2 saturated carbocycles. The van der Waals surface area contributed by atoms with Crippen LogP contribution in [-0.4, -0.2) is 11.2 Å². The zero-order chi connectivity index (χ0) is 10.0. The summed E-state index contributed by atoms with van der Waals surface area (Å²) in [7, 11) is 0. The smallest absolute Gasteiger partial charge is 0.0568 e. The van der Waals surface area contributed by atoms with Gasteiger partial charge in [0.05, 0.1) is 6.10 Å². The van der Waals surface area contributed by atoms with Crippen molar-refractivity contribution in [2.75, 3.05) is 0 Å². The minimum Gasteiger partial charge on any atom is -0.393 e. The average molecular weight is 196 g/mol. The lowest BCUT2D eigenvalue weighted by molar-refractivity contribution is 0.0418. The molecular formula is C13H24O. The minimum atomic E-state index is 0.0150. The van der Waals surface area contributed by atoms with Crippen LogP contribution in [0.4, 0.5) is 0 Å². The fraction of sp³-hybridized carbons (Fsp3) is 1.00. The highest BCUT2D eigenvalue weighted by Crippen LogP contribution is 2.45. The van der Waals surface area contributed by atoms with Crippen LogP contribution in [0.25, 0.3) is 0 Å². The van der Waals surface area contributed by atoms with Gasteiger partial charge in [-0.25, -0.2) is 0 Å². The Morgan fingerprint density at radius 1 is 1.07 bits per heavy atom. The third-order valence-corrected chi connectivity index (χ3v) is 4.43. The van der Waals surface area contributed by atoms with Crippen molar-refractivity contribution in [3.05, 3.63) is 0 Å². The van der Waals surface area contributed by atoms with E-state index < -0.39 is 0 Å². The first kappa shape index (κ1) is 10.5. The Labute approximate surface area is 87.9 Å². The monoisotopic (exact) mass is 196 g/mol. The van der Waals surface area contributed by atoms with Crippen molar-refractivity contribution >= 4 is 0 Å². The second-order valence-corrected chi connectivity index (χ2v) is 5.83. The van der Waals surface area contributed by atoms with Crippen LogP contribution >= 0.6 is 0 Å². The van der Waals surface area contributed by atoms with Gasteiger partial charge in [-0.3, -0.25) is 0 Å². The summed E-state index contributed by atoms with van der Waals surface area (Å²) >= 11 is 0. The van der Waals surface area contributed by atoms with Gasteiger partial charge in [0, 0.05) is 0 Å². The zero-order valence-electron chi connectivity index (χ0n) is 9.47. The normalized spacial score (nSPS) is 37.3. The van der Waals surface area contributed by atoms with Gasteiger partial charge in [0.15, 0.2) is 0 Å². The summed E-state index contributed by atoms with van der Waals surface area (Å²) in [5.41, 5.74) is 0.572. The summed E-state index contributed by atoms with van der Waals surface area (Å²) in [4.78, 5) is 0. The van der Waals surface area contributed by atoms with Gasteiger partial charge in [-0.2, -0.15) is 0 Å². The Balaban J connectivity index is 1.88. The Hall–Kier alpha value is -0.0400. The average Bonchev–Trinajstić information content (AvgIpc) is 2.57. The molecule has 2 aliphatic carbocycles. The van der Waals surface area contributed by atoms with Crippen molar-refractivity contribution in [2.24, 2.45) is 11.3 Å². The van der Waals surface area contributed by atoms with E-state index in [4.69, 9.17) is 0 Å². The van der Waals surface area contributed by atoms with Crippen molar-refractivity contribution in [1.29, 1.82) is 0 Å². The maximum absolute atomic E-state index is 9.94.